The van der Waals surface area contributed by atoms with Gasteiger partial charge in [-0.25, -0.2) is 14.4 Å². The Balaban J connectivity index is 1.80. The minimum absolute atomic E-state index is 0.0828. The average Bonchev–Trinajstić information content (AvgIpc) is 3.29. The van der Waals surface area contributed by atoms with Gasteiger partial charge in [-0.15, -0.1) is 0 Å². The number of hydrogen-bond donors (Lipinski definition) is 3. The second kappa shape index (κ2) is 10.9. The van der Waals surface area contributed by atoms with Crippen LogP contribution in [0.15, 0.2) is 58.2 Å². The number of carbonyl (C=O) groups is 3. The molecule has 3 rings (SSSR count). The molecule has 0 amide bonds. The summed E-state index contributed by atoms with van der Waals surface area (Å²) in [4.78, 5) is 37.4. The predicted octanol–water partition coefficient (Wildman–Crippen LogP) is 1.06. The van der Waals surface area contributed by atoms with Crippen molar-refractivity contribution in [3.63, 3.8) is 0 Å². The van der Waals surface area contributed by atoms with Crippen LogP contribution in [0.3, 0.4) is 0 Å². The first kappa shape index (κ1) is 25.6. The molecule has 0 aromatic rings. The topological polar surface area (TPSA) is 140 Å². The molecule has 4 atom stereocenters. The lowest BCUT2D eigenvalue weighted by molar-refractivity contribution is -0.149. The van der Waals surface area contributed by atoms with E-state index in [4.69, 9.17) is 19.3 Å². The number of fused-ring (bicyclic) bond motifs is 3. The Bertz CT molecular complexity index is 998. The van der Waals surface area contributed by atoms with Crippen LogP contribution in [-0.2, 0) is 28.6 Å². The lowest BCUT2D eigenvalue weighted by atomic mass is 9.82. The fourth-order valence-electron chi connectivity index (χ4n) is 4.77. The maximum absolute atomic E-state index is 13.0. The third-order valence-corrected chi connectivity index (χ3v) is 6.54. The third-order valence-electron chi connectivity index (χ3n) is 6.54. The van der Waals surface area contributed by atoms with Gasteiger partial charge in [-0.3, -0.25) is 0 Å². The van der Waals surface area contributed by atoms with Gasteiger partial charge in [0.1, 0.15) is 18.8 Å². The SMILES string of the molecule is C=C1C(=O)O[C@@H]2[C@H]3C(C)=CCC3=C(C)C[C@@H](OC(=O)/C(=C/CO)COC(=O)/C(=C/CO)CO)[C@@H]12. The van der Waals surface area contributed by atoms with Crippen LogP contribution in [0.4, 0.5) is 0 Å². The van der Waals surface area contributed by atoms with Gasteiger partial charge in [0.25, 0.3) is 0 Å². The molecule has 0 unspecified atom stereocenters. The van der Waals surface area contributed by atoms with Crippen LogP contribution in [0, 0.1) is 11.8 Å². The number of ether oxygens (including phenoxy) is 3. The normalized spacial score (nSPS) is 27.0. The molecule has 0 aromatic carbocycles. The molecule has 1 aliphatic heterocycles. The quantitative estimate of drug-likeness (QED) is 0.204. The van der Waals surface area contributed by atoms with Crippen molar-refractivity contribution in [3.05, 3.63) is 58.2 Å². The van der Waals surface area contributed by atoms with Crippen molar-refractivity contribution >= 4 is 17.9 Å². The Morgan fingerprint density at radius 2 is 1.82 bits per heavy atom. The van der Waals surface area contributed by atoms with Gasteiger partial charge in [0.2, 0.25) is 0 Å². The molecule has 0 saturated carbocycles. The van der Waals surface area contributed by atoms with Crippen molar-refractivity contribution in [2.24, 2.45) is 11.8 Å². The Morgan fingerprint density at radius 1 is 1.15 bits per heavy atom. The predicted molar refractivity (Wildman–Crippen MR) is 120 cm³/mol. The second-order valence-electron chi connectivity index (χ2n) is 8.56. The van der Waals surface area contributed by atoms with Crippen molar-refractivity contribution < 1.29 is 43.9 Å². The fraction of sp³-hybridized carbons (Fsp3) is 0.480. The van der Waals surface area contributed by atoms with Gasteiger partial charge in [0.05, 0.1) is 36.9 Å². The molecule has 3 N–H and O–H groups in total. The Morgan fingerprint density at radius 3 is 2.47 bits per heavy atom. The number of hydrogen-bond acceptors (Lipinski definition) is 9. The molecular formula is C25H30O9. The van der Waals surface area contributed by atoms with Crippen LogP contribution in [0.5, 0.6) is 0 Å². The highest BCUT2D eigenvalue weighted by molar-refractivity contribution is 5.93. The van der Waals surface area contributed by atoms with E-state index in [0.717, 1.165) is 35.3 Å². The summed E-state index contributed by atoms with van der Waals surface area (Å²) in [6.45, 7) is 5.73. The molecule has 9 nitrogen and oxygen atoms in total. The van der Waals surface area contributed by atoms with Crippen molar-refractivity contribution in [1.29, 1.82) is 0 Å². The second-order valence-corrected chi connectivity index (χ2v) is 8.56. The molecule has 0 bridgehead atoms. The van der Waals surface area contributed by atoms with E-state index in [0.29, 0.717) is 6.42 Å². The van der Waals surface area contributed by atoms with E-state index in [1.165, 1.54) is 0 Å². The monoisotopic (exact) mass is 474 g/mol. The van der Waals surface area contributed by atoms with Gasteiger partial charge in [-0.2, -0.15) is 0 Å². The van der Waals surface area contributed by atoms with Crippen LogP contribution in [-0.4, -0.2) is 71.9 Å². The van der Waals surface area contributed by atoms with Gasteiger partial charge >= 0.3 is 17.9 Å². The van der Waals surface area contributed by atoms with Crippen LogP contribution < -0.4 is 0 Å². The number of esters is 3. The van der Waals surface area contributed by atoms with Crippen molar-refractivity contribution in [2.75, 3.05) is 26.4 Å². The van der Waals surface area contributed by atoms with Gasteiger partial charge < -0.3 is 29.5 Å². The van der Waals surface area contributed by atoms with Crippen molar-refractivity contribution in [3.8, 4) is 0 Å². The lowest BCUT2D eigenvalue weighted by Crippen LogP contribution is -2.36. The highest BCUT2D eigenvalue weighted by atomic mass is 16.6. The van der Waals surface area contributed by atoms with Gasteiger partial charge in [0, 0.05) is 17.9 Å². The molecule has 0 spiro atoms. The van der Waals surface area contributed by atoms with E-state index in [1.807, 2.05) is 13.8 Å². The largest absolute Gasteiger partial charge is 0.458 e. The number of allylic oxidation sites excluding steroid dienone is 1. The summed E-state index contributed by atoms with van der Waals surface area (Å²) in [6.07, 6.45) is 4.24. The summed E-state index contributed by atoms with van der Waals surface area (Å²) < 4.78 is 16.5. The molecule has 9 heteroatoms. The zero-order chi connectivity index (χ0) is 25.0. The van der Waals surface area contributed by atoms with Crippen LogP contribution in [0.25, 0.3) is 0 Å². The highest BCUT2D eigenvalue weighted by Crippen LogP contribution is 2.49. The van der Waals surface area contributed by atoms with Crippen molar-refractivity contribution in [2.45, 2.75) is 38.9 Å². The number of rotatable bonds is 8. The van der Waals surface area contributed by atoms with Crippen LogP contribution >= 0.6 is 0 Å². The molecule has 1 saturated heterocycles. The van der Waals surface area contributed by atoms with Gasteiger partial charge in [0.15, 0.2) is 0 Å². The molecule has 34 heavy (non-hydrogen) atoms. The standard InChI is InChI=1S/C25H30O9/c1-13-4-5-18-14(2)10-19(21-15(3)23(29)34-22(21)20(13)18)33-25(31)17(7-9-27)12-32-24(30)16(11-28)6-8-26/h4,6-7,19-22,26-28H,3,5,8-12H2,1-2H3/b16-6+,17-7+/t19-,20+,21-,22-/m1/s1. The number of carbonyl (C=O) groups excluding carboxylic acids is 3. The zero-order valence-corrected chi connectivity index (χ0v) is 19.3. The van der Waals surface area contributed by atoms with E-state index in [9.17, 15) is 24.6 Å². The van der Waals surface area contributed by atoms with Gasteiger partial charge in [-0.05, 0) is 32.4 Å². The van der Waals surface area contributed by atoms with E-state index < -0.39 is 62.5 Å². The first-order chi connectivity index (χ1) is 16.2. The molecular weight excluding hydrogens is 444 g/mol. The summed E-state index contributed by atoms with van der Waals surface area (Å²) in [6, 6.07) is 0. The van der Waals surface area contributed by atoms with E-state index >= 15 is 0 Å². The molecule has 184 valence electrons. The minimum atomic E-state index is -0.915. The van der Waals surface area contributed by atoms with Crippen molar-refractivity contribution in [1.82, 2.24) is 0 Å². The molecule has 3 aliphatic rings. The fourth-order valence-corrected chi connectivity index (χ4v) is 4.77. The maximum Gasteiger partial charge on any atom is 0.337 e. The van der Waals surface area contributed by atoms with Gasteiger partial charge in [-0.1, -0.05) is 29.4 Å². The Kier molecular flexibility index (Phi) is 8.24. The smallest absolute Gasteiger partial charge is 0.337 e. The van der Waals surface area contributed by atoms with E-state index in [-0.39, 0.29) is 22.6 Å². The Labute approximate surface area is 197 Å². The molecule has 2 aliphatic carbocycles. The maximum atomic E-state index is 13.0. The summed E-state index contributed by atoms with van der Waals surface area (Å²) in [7, 11) is 0. The lowest BCUT2D eigenvalue weighted by Gasteiger charge is -2.28. The molecule has 1 fully saturated rings. The third kappa shape index (κ3) is 5.06. The number of aliphatic hydroxyl groups excluding tert-OH is 3. The summed E-state index contributed by atoms with van der Waals surface area (Å²) in [5, 5.41) is 27.5. The average molecular weight is 475 g/mol. The minimum Gasteiger partial charge on any atom is -0.458 e. The van der Waals surface area contributed by atoms with E-state index in [2.05, 4.69) is 12.7 Å². The van der Waals surface area contributed by atoms with Crippen LogP contribution in [0.1, 0.15) is 26.7 Å². The molecule has 0 radical (unpaired) electrons. The Hall–Kier alpha value is -3.01. The highest BCUT2D eigenvalue weighted by Gasteiger charge is 2.52. The van der Waals surface area contributed by atoms with Crippen LogP contribution in [0.2, 0.25) is 0 Å². The van der Waals surface area contributed by atoms with E-state index in [1.54, 1.807) is 0 Å². The zero-order valence-electron chi connectivity index (χ0n) is 19.3. The summed E-state index contributed by atoms with van der Waals surface area (Å²) in [5.41, 5.74) is 3.28. The first-order valence-electron chi connectivity index (χ1n) is 11.1. The molecule has 1 heterocycles. The first-order valence-corrected chi connectivity index (χ1v) is 11.1. The number of aliphatic hydroxyl groups is 3. The summed E-state index contributed by atoms with van der Waals surface area (Å²) in [5.74, 6) is -2.86. The summed E-state index contributed by atoms with van der Waals surface area (Å²) >= 11 is 0. The molecule has 0 aromatic heterocycles.